The van der Waals surface area contributed by atoms with Crippen LogP contribution < -0.4 is 10.6 Å². The minimum absolute atomic E-state index is 0.0217. The average Bonchev–Trinajstić information content (AvgIpc) is 2.81. The Morgan fingerprint density at radius 1 is 1.15 bits per heavy atom. The lowest BCUT2D eigenvalue weighted by atomic mass is 10.1. The van der Waals surface area contributed by atoms with Crippen LogP contribution in [0.1, 0.15) is 26.3 Å². The van der Waals surface area contributed by atoms with E-state index < -0.39 is 17.6 Å². The van der Waals surface area contributed by atoms with Gasteiger partial charge in [-0.2, -0.15) is 0 Å². The Balaban J connectivity index is 1.91. The Morgan fingerprint density at radius 3 is 2.58 bits per heavy atom. The quantitative estimate of drug-likeness (QED) is 0.381. The van der Waals surface area contributed by atoms with E-state index in [1.54, 1.807) is 6.07 Å². The number of halogens is 3. The minimum Gasteiger partial charge on any atom is -0.340 e. The molecule has 1 heterocycles. The molecule has 174 valence electrons. The highest BCUT2D eigenvalue weighted by molar-refractivity contribution is 6.31. The molecule has 0 fully saturated rings. The first-order valence-corrected chi connectivity index (χ1v) is 11.1. The zero-order valence-electron chi connectivity index (χ0n) is 18.8. The van der Waals surface area contributed by atoms with Crippen molar-refractivity contribution in [1.29, 1.82) is 0 Å². The predicted molar refractivity (Wildman–Crippen MR) is 129 cm³/mol. The zero-order chi connectivity index (χ0) is 24.0. The van der Waals surface area contributed by atoms with E-state index in [-0.39, 0.29) is 5.02 Å². The molecule has 1 amide bonds. The summed E-state index contributed by atoms with van der Waals surface area (Å²) in [7, 11) is 0. The summed E-state index contributed by atoms with van der Waals surface area (Å²) in [4.78, 5) is 23.1. The molecule has 0 saturated heterocycles. The number of fused-ring (bicyclic) bond motifs is 1. The molecule has 0 unspecified atom stereocenters. The van der Waals surface area contributed by atoms with Crippen molar-refractivity contribution >= 4 is 45.6 Å². The van der Waals surface area contributed by atoms with Gasteiger partial charge in [-0.25, -0.2) is 18.7 Å². The summed E-state index contributed by atoms with van der Waals surface area (Å²) in [6.45, 7) is 7.78. The number of aromatic nitrogens is 2. The maximum atomic E-state index is 14.4. The number of hydrogen-bond donors (Lipinski definition) is 2. The normalized spacial score (nSPS) is 11.8. The molecular weight excluding hydrogens is 448 g/mol. The van der Waals surface area contributed by atoms with E-state index in [1.807, 2.05) is 31.7 Å². The number of benzene rings is 2. The third-order valence-electron chi connectivity index (χ3n) is 5.31. The van der Waals surface area contributed by atoms with Crippen LogP contribution in [-0.2, 0) is 11.2 Å². The molecule has 0 atom stereocenters. The van der Waals surface area contributed by atoms with Gasteiger partial charge in [-0.1, -0.05) is 32.4 Å². The molecule has 0 aliphatic carbocycles. The third-order valence-corrected chi connectivity index (χ3v) is 5.60. The molecule has 0 spiro atoms. The van der Waals surface area contributed by atoms with E-state index >= 15 is 0 Å². The van der Waals surface area contributed by atoms with Crippen molar-refractivity contribution in [3.05, 3.63) is 65.0 Å². The average molecular weight is 474 g/mol. The molecule has 0 bridgehead atoms. The van der Waals surface area contributed by atoms with Gasteiger partial charge in [0.15, 0.2) is 5.83 Å². The van der Waals surface area contributed by atoms with E-state index in [2.05, 4.69) is 20.6 Å². The van der Waals surface area contributed by atoms with Crippen molar-refractivity contribution in [1.82, 2.24) is 14.9 Å². The summed E-state index contributed by atoms with van der Waals surface area (Å²) in [5, 5.41) is 6.35. The molecule has 9 heteroatoms. The molecule has 3 rings (SSSR count). The Kier molecular flexibility index (Phi) is 8.30. The molecular formula is C24H26ClF2N5O. The summed E-state index contributed by atoms with van der Waals surface area (Å²) in [6, 6.07) is 7.77. The Morgan fingerprint density at radius 2 is 1.91 bits per heavy atom. The van der Waals surface area contributed by atoms with Crippen LogP contribution in [0.2, 0.25) is 5.02 Å². The first-order chi connectivity index (χ1) is 15.9. The second-order valence-electron chi connectivity index (χ2n) is 7.35. The van der Waals surface area contributed by atoms with Gasteiger partial charge in [0.1, 0.15) is 18.0 Å². The summed E-state index contributed by atoms with van der Waals surface area (Å²) in [5.74, 6) is -1.73. The van der Waals surface area contributed by atoms with E-state index in [0.29, 0.717) is 41.1 Å². The van der Waals surface area contributed by atoms with Crippen LogP contribution in [0.4, 0.5) is 26.0 Å². The number of aryl methyl sites for hydroxylation is 1. The molecule has 3 aromatic rings. The number of carbonyl (C=O) groups is 1. The van der Waals surface area contributed by atoms with Crippen molar-refractivity contribution in [2.45, 2.75) is 27.2 Å². The van der Waals surface area contributed by atoms with E-state index in [0.717, 1.165) is 18.7 Å². The van der Waals surface area contributed by atoms with Gasteiger partial charge < -0.3 is 15.5 Å². The lowest BCUT2D eigenvalue weighted by Gasteiger charge is -2.15. The zero-order valence-corrected chi connectivity index (χ0v) is 19.5. The van der Waals surface area contributed by atoms with Crippen LogP contribution in [-0.4, -0.2) is 40.4 Å². The highest BCUT2D eigenvalue weighted by atomic mass is 35.5. The Hall–Kier alpha value is -3.10. The number of carbonyl (C=O) groups excluding carboxylic acids is 1. The van der Waals surface area contributed by atoms with Gasteiger partial charge in [-0.05, 0) is 61.5 Å². The lowest BCUT2D eigenvalue weighted by molar-refractivity contribution is -0.114. The fourth-order valence-corrected chi connectivity index (χ4v) is 3.51. The molecule has 2 aromatic carbocycles. The van der Waals surface area contributed by atoms with E-state index in [4.69, 9.17) is 11.6 Å². The summed E-state index contributed by atoms with van der Waals surface area (Å²) in [5.41, 5.74) is 2.46. The number of nitrogens with zero attached hydrogens (tertiary/aromatic N) is 3. The largest absolute Gasteiger partial charge is 0.340 e. The van der Waals surface area contributed by atoms with Gasteiger partial charge in [0.2, 0.25) is 0 Å². The van der Waals surface area contributed by atoms with Crippen LogP contribution in [0.3, 0.4) is 0 Å². The Bertz CT molecular complexity index is 1180. The second kappa shape index (κ2) is 11.2. The van der Waals surface area contributed by atoms with Gasteiger partial charge in [0.05, 0.1) is 10.5 Å². The number of anilines is 3. The lowest BCUT2D eigenvalue weighted by Crippen LogP contribution is -2.23. The number of rotatable bonds is 9. The molecule has 6 nitrogen and oxygen atoms in total. The van der Waals surface area contributed by atoms with Gasteiger partial charge in [0, 0.05) is 23.3 Å². The topological polar surface area (TPSA) is 70.1 Å². The van der Waals surface area contributed by atoms with Crippen LogP contribution in [0, 0.1) is 5.82 Å². The smallest absolute Gasteiger partial charge is 0.284 e. The van der Waals surface area contributed by atoms with Crippen LogP contribution in [0.25, 0.3) is 10.9 Å². The Labute approximate surface area is 196 Å². The highest BCUT2D eigenvalue weighted by Gasteiger charge is 2.15. The summed E-state index contributed by atoms with van der Waals surface area (Å²) >= 11 is 5.87. The fraction of sp³-hybridized carbons (Fsp3) is 0.292. The number of nitrogens with one attached hydrogen (secondary N) is 2. The van der Waals surface area contributed by atoms with Gasteiger partial charge in [0.25, 0.3) is 5.91 Å². The SMILES string of the molecule is CCc1cc2ncnc(Nc3ccc(F)c(Cl)c3)c2cc1NC(=O)C(F)=CCN(CC)CC. The van der Waals surface area contributed by atoms with Crippen molar-refractivity contribution in [3.8, 4) is 0 Å². The van der Waals surface area contributed by atoms with E-state index in [1.165, 1.54) is 30.6 Å². The number of likely N-dealkylation sites (N-methyl/N-ethyl adjacent to an activating group) is 1. The molecule has 0 aliphatic heterocycles. The molecule has 0 aliphatic rings. The van der Waals surface area contributed by atoms with Crippen molar-refractivity contribution in [3.63, 3.8) is 0 Å². The maximum absolute atomic E-state index is 14.4. The fourth-order valence-electron chi connectivity index (χ4n) is 3.33. The standard InChI is InChI=1S/C24H26ClF2N5O/c1-4-15-11-22-17(13-21(15)31-24(33)20(27)9-10-32(5-2)6-3)23(29-14-28-22)30-16-7-8-19(26)18(25)12-16/h7-9,11-14H,4-6,10H2,1-3H3,(H,31,33)(H,28,29,30). The van der Waals surface area contributed by atoms with Crippen LogP contribution in [0.15, 0.2) is 48.6 Å². The van der Waals surface area contributed by atoms with Crippen molar-refractivity contribution < 1.29 is 13.6 Å². The highest BCUT2D eigenvalue weighted by Crippen LogP contribution is 2.30. The van der Waals surface area contributed by atoms with Gasteiger partial charge in [-0.15, -0.1) is 0 Å². The first kappa shape index (κ1) is 24.5. The molecule has 0 saturated carbocycles. The minimum atomic E-state index is -0.840. The number of amides is 1. The molecule has 1 aromatic heterocycles. The van der Waals surface area contributed by atoms with Crippen molar-refractivity contribution in [2.24, 2.45) is 0 Å². The third kappa shape index (κ3) is 6.03. The van der Waals surface area contributed by atoms with Gasteiger partial charge in [-0.3, -0.25) is 4.79 Å². The molecule has 2 N–H and O–H groups in total. The number of hydrogen-bond acceptors (Lipinski definition) is 5. The first-order valence-electron chi connectivity index (χ1n) is 10.7. The van der Waals surface area contributed by atoms with Crippen LogP contribution >= 0.6 is 11.6 Å². The van der Waals surface area contributed by atoms with Crippen LogP contribution in [0.5, 0.6) is 0 Å². The molecule has 0 radical (unpaired) electrons. The maximum Gasteiger partial charge on any atom is 0.284 e. The predicted octanol–water partition coefficient (Wildman–Crippen LogP) is 5.86. The van der Waals surface area contributed by atoms with Crippen molar-refractivity contribution in [2.75, 3.05) is 30.3 Å². The summed E-state index contributed by atoms with van der Waals surface area (Å²) in [6.07, 6.45) is 3.29. The monoisotopic (exact) mass is 473 g/mol. The summed E-state index contributed by atoms with van der Waals surface area (Å²) < 4.78 is 27.9. The molecule has 33 heavy (non-hydrogen) atoms. The van der Waals surface area contributed by atoms with E-state index in [9.17, 15) is 13.6 Å². The van der Waals surface area contributed by atoms with Gasteiger partial charge >= 0.3 is 0 Å². The second-order valence-corrected chi connectivity index (χ2v) is 7.76.